The smallest absolute Gasteiger partial charge is 0.251 e. The number of aryl methyl sites for hydroxylation is 2. The molecule has 0 aliphatic carbocycles. The minimum atomic E-state index is -0.721. The predicted octanol–water partition coefficient (Wildman–Crippen LogP) is 3.52. The fourth-order valence-corrected chi connectivity index (χ4v) is 2.67. The largest absolute Gasteiger partial charge is 0.366 e. The maximum Gasteiger partial charge on any atom is 0.251 e. The van der Waals surface area contributed by atoms with Crippen LogP contribution in [0.5, 0.6) is 0 Å². The Morgan fingerprint density at radius 3 is 2.78 bits per heavy atom. The highest BCUT2D eigenvalue weighted by atomic mass is 35.5. The number of benzene rings is 2. The Morgan fingerprint density at radius 2 is 2.13 bits per heavy atom. The first-order valence-electron chi connectivity index (χ1n) is 6.85. The quantitative estimate of drug-likeness (QED) is 0.770. The number of fused-ring (bicyclic) bond motifs is 1. The zero-order valence-corrected chi connectivity index (χ0v) is 13.3. The lowest BCUT2D eigenvalue weighted by Gasteiger charge is -2.14. The van der Waals surface area contributed by atoms with Gasteiger partial charge in [-0.2, -0.15) is 0 Å². The molecule has 0 aliphatic heterocycles. The van der Waals surface area contributed by atoms with Gasteiger partial charge >= 0.3 is 0 Å². The van der Waals surface area contributed by atoms with E-state index in [4.69, 9.17) is 17.3 Å². The van der Waals surface area contributed by atoms with E-state index in [0.29, 0.717) is 16.2 Å². The van der Waals surface area contributed by atoms with Gasteiger partial charge in [-0.15, -0.1) is 0 Å². The van der Waals surface area contributed by atoms with Crippen molar-refractivity contribution in [2.45, 2.75) is 6.92 Å². The first kappa shape index (κ1) is 15.3. The van der Waals surface area contributed by atoms with Gasteiger partial charge in [0.2, 0.25) is 0 Å². The fraction of sp³-hybridized carbons (Fsp3) is 0.125. The molecule has 5 nitrogen and oxygen atoms in total. The van der Waals surface area contributed by atoms with Crippen molar-refractivity contribution >= 4 is 39.9 Å². The van der Waals surface area contributed by atoms with Gasteiger partial charge in [0.15, 0.2) is 5.82 Å². The number of hydrogen-bond donors (Lipinski definition) is 2. The average Bonchev–Trinajstić information content (AvgIpc) is 2.85. The van der Waals surface area contributed by atoms with E-state index < -0.39 is 11.7 Å². The molecular formula is C16H14ClFN4O. The van der Waals surface area contributed by atoms with Crippen molar-refractivity contribution in [1.82, 2.24) is 9.55 Å². The van der Waals surface area contributed by atoms with E-state index in [-0.39, 0.29) is 16.8 Å². The second kappa shape index (κ2) is 5.55. The van der Waals surface area contributed by atoms with E-state index in [1.807, 2.05) is 6.92 Å². The summed E-state index contributed by atoms with van der Waals surface area (Å²) in [6.07, 6.45) is 1.48. The van der Waals surface area contributed by atoms with Gasteiger partial charge in [-0.1, -0.05) is 11.6 Å². The summed E-state index contributed by atoms with van der Waals surface area (Å²) in [4.78, 5) is 15.8. The highest BCUT2D eigenvalue weighted by molar-refractivity contribution is 6.30. The van der Waals surface area contributed by atoms with Crippen LogP contribution in [-0.4, -0.2) is 15.5 Å². The molecule has 7 heteroatoms. The number of nitrogens with zero attached hydrogens (tertiary/aromatic N) is 2. The Bertz CT molecular complexity index is 935. The molecule has 3 N–H and O–H groups in total. The van der Waals surface area contributed by atoms with Crippen LogP contribution in [-0.2, 0) is 7.05 Å². The summed E-state index contributed by atoms with van der Waals surface area (Å²) in [5.74, 6) is -1.34. The minimum Gasteiger partial charge on any atom is -0.366 e. The molecule has 0 saturated carbocycles. The first-order chi connectivity index (χ1) is 10.9. The van der Waals surface area contributed by atoms with Crippen molar-refractivity contribution in [2.75, 3.05) is 5.32 Å². The number of nitrogens with one attached hydrogen (secondary N) is 1. The molecule has 2 aromatic carbocycles. The van der Waals surface area contributed by atoms with E-state index in [9.17, 15) is 9.18 Å². The van der Waals surface area contributed by atoms with Gasteiger partial charge in [-0.05, 0) is 36.8 Å². The Labute approximate surface area is 136 Å². The molecule has 23 heavy (non-hydrogen) atoms. The molecule has 1 aromatic heterocycles. The summed E-state index contributed by atoms with van der Waals surface area (Å²) in [7, 11) is 1.72. The minimum absolute atomic E-state index is 0.00845. The molecule has 3 rings (SSSR count). The second-order valence-electron chi connectivity index (χ2n) is 5.28. The van der Waals surface area contributed by atoms with Crippen LogP contribution < -0.4 is 11.1 Å². The van der Waals surface area contributed by atoms with Crippen LogP contribution in [0.1, 0.15) is 15.9 Å². The van der Waals surface area contributed by atoms with E-state index in [1.54, 1.807) is 29.8 Å². The Balaban J connectivity index is 2.21. The zero-order chi connectivity index (χ0) is 16.7. The van der Waals surface area contributed by atoms with Crippen LogP contribution in [0, 0.1) is 12.7 Å². The molecule has 0 fully saturated rings. The molecule has 0 radical (unpaired) electrons. The number of imidazole rings is 1. The molecule has 0 bridgehead atoms. The molecule has 118 valence electrons. The maximum absolute atomic E-state index is 14.8. The molecular weight excluding hydrogens is 319 g/mol. The van der Waals surface area contributed by atoms with Crippen molar-refractivity contribution in [3.05, 3.63) is 52.6 Å². The Hall–Kier alpha value is -2.60. The molecule has 0 unspecified atom stereocenters. The third-order valence-corrected chi connectivity index (χ3v) is 3.91. The average molecular weight is 333 g/mol. The molecule has 0 aliphatic rings. The van der Waals surface area contributed by atoms with Crippen LogP contribution in [0.2, 0.25) is 5.02 Å². The van der Waals surface area contributed by atoms with Crippen LogP contribution in [0.3, 0.4) is 0 Å². The number of anilines is 2. The van der Waals surface area contributed by atoms with Gasteiger partial charge in [0.1, 0.15) is 5.52 Å². The number of halogens is 2. The number of aromatic nitrogens is 2. The summed E-state index contributed by atoms with van der Waals surface area (Å²) >= 11 is 5.93. The maximum atomic E-state index is 14.8. The first-order valence-corrected chi connectivity index (χ1v) is 7.22. The number of nitrogens with two attached hydrogens (primary N) is 1. The molecule has 0 atom stereocenters. The van der Waals surface area contributed by atoms with Crippen LogP contribution in [0.25, 0.3) is 11.0 Å². The lowest BCUT2D eigenvalue weighted by atomic mass is 10.1. The normalized spacial score (nSPS) is 11.0. The second-order valence-corrected chi connectivity index (χ2v) is 5.72. The van der Waals surface area contributed by atoms with Gasteiger partial charge in [0.25, 0.3) is 5.91 Å². The van der Waals surface area contributed by atoms with Crippen LogP contribution in [0.15, 0.2) is 30.6 Å². The number of primary amides is 1. The molecule has 3 aromatic rings. The Morgan fingerprint density at radius 1 is 1.39 bits per heavy atom. The van der Waals surface area contributed by atoms with Crippen molar-refractivity contribution in [1.29, 1.82) is 0 Å². The number of amides is 1. The van der Waals surface area contributed by atoms with Crippen LogP contribution in [0.4, 0.5) is 15.8 Å². The van der Waals surface area contributed by atoms with Crippen molar-refractivity contribution in [2.24, 2.45) is 12.8 Å². The molecule has 0 saturated heterocycles. The van der Waals surface area contributed by atoms with Crippen molar-refractivity contribution < 1.29 is 9.18 Å². The van der Waals surface area contributed by atoms with Gasteiger partial charge in [-0.25, -0.2) is 9.37 Å². The monoisotopic (exact) mass is 332 g/mol. The molecule has 1 amide bonds. The standard InChI is InChI=1S/C16H14ClFN4O/c1-8-5-9(17)3-4-11(8)21-14-10(16(19)23)6-12-15(13(14)18)20-7-22(12)2/h3-7,21H,1-2H3,(H2,19,23). The number of carbonyl (C=O) groups is 1. The summed E-state index contributed by atoms with van der Waals surface area (Å²) in [5.41, 5.74) is 7.60. The van der Waals surface area contributed by atoms with Gasteiger partial charge in [0.05, 0.1) is 23.1 Å². The van der Waals surface area contributed by atoms with Gasteiger partial charge < -0.3 is 15.6 Å². The van der Waals surface area contributed by atoms with Crippen molar-refractivity contribution in [3.8, 4) is 0 Å². The number of rotatable bonds is 3. The van der Waals surface area contributed by atoms with Crippen molar-refractivity contribution in [3.63, 3.8) is 0 Å². The summed E-state index contributed by atoms with van der Waals surface area (Å²) in [6.45, 7) is 1.83. The zero-order valence-electron chi connectivity index (χ0n) is 12.5. The third-order valence-electron chi connectivity index (χ3n) is 3.67. The summed E-state index contributed by atoms with van der Waals surface area (Å²) in [6, 6.07) is 6.66. The topological polar surface area (TPSA) is 72.9 Å². The molecule has 1 heterocycles. The van der Waals surface area contributed by atoms with Gasteiger partial charge in [-0.3, -0.25) is 4.79 Å². The van der Waals surface area contributed by atoms with E-state index >= 15 is 0 Å². The van der Waals surface area contributed by atoms with E-state index in [2.05, 4.69) is 10.3 Å². The predicted molar refractivity (Wildman–Crippen MR) is 88.7 cm³/mol. The fourth-order valence-electron chi connectivity index (χ4n) is 2.44. The highest BCUT2D eigenvalue weighted by Crippen LogP contribution is 2.32. The van der Waals surface area contributed by atoms with E-state index in [0.717, 1.165) is 5.56 Å². The third kappa shape index (κ3) is 2.61. The van der Waals surface area contributed by atoms with Gasteiger partial charge in [0, 0.05) is 17.8 Å². The highest BCUT2D eigenvalue weighted by Gasteiger charge is 2.20. The lowest BCUT2D eigenvalue weighted by Crippen LogP contribution is -2.15. The number of carbonyl (C=O) groups excluding carboxylic acids is 1. The van der Waals surface area contributed by atoms with Crippen LogP contribution >= 0.6 is 11.6 Å². The SMILES string of the molecule is Cc1cc(Cl)ccc1Nc1c(C(N)=O)cc2c(ncn2C)c1F. The lowest BCUT2D eigenvalue weighted by molar-refractivity contribution is 0.100. The molecule has 0 spiro atoms. The summed E-state index contributed by atoms with van der Waals surface area (Å²) in [5, 5.41) is 3.51. The number of hydrogen-bond acceptors (Lipinski definition) is 3. The van der Waals surface area contributed by atoms with E-state index in [1.165, 1.54) is 12.4 Å². The summed E-state index contributed by atoms with van der Waals surface area (Å²) < 4.78 is 16.5. The Kier molecular flexibility index (Phi) is 3.69.